The Labute approximate surface area is 245 Å². The van der Waals surface area contributed by atoms with Gasteiger partial charge in [0.05, 0.1) is 7.11 Å². The number of nitrogens with zero attached hydrogens (tertiary/aromatic N) is 1. The summed E-state index contributed by atoms with van der Waals surface area (Å²) in [5.41, 5.74) is 1.21. The van der Waals surface area contributed by atoms with E-state index in [2.05, 4.69) is 22.6 Å². The maximum atomic E-state index is 14.1. The van der Waals surface area contributed by atoms with Crippen LogP contribution in [0.1, 0.15) is 43.5 Å². The van der Waals surface area contributed by atoms with E-state index in [1.807, 2.05) is 0 Å². The van der Waals surface area contributed by atoms with E-state index in [4.69, 9.17) is 22.3 Å². The first-order valence-electron chi connectivity index (χ1n) is 13.0. The Morgan fingerprint density at radius 3 is 2.10 bits per heavy atom. The van der Waals surface area contributed by atoms with E-state index in [-0.39, 0.29) is 12.2 Å². The Kier molecular flexibility index (Phi) is 10.2. The minimum absolute atomic E-state index is 0.000609. The summed E-state index contributed by atoms with van der Waals surface area (Å²) >= 11 is 0. The van der Waals surface area contributed by atoms with Crippen LogP contribution in [-0.2, 0) is 20.7 Å². The average molecular weight is 568 g/mol. The second kappa shape index (κ2) is 13.8. The number of anilines is 1. The second-order valence-electron chi connectivity index (χ2n) is 10.3. The quantitative estimate of drug-likeness (QED) is 0.257. The number of ether oxygens (including phenoxy) is 2. The minimum Gasteiger partial charge on any atom is -0.508 e. The van der Waals surface area contributed by atoms with Crippen LogP contribution in [-0.4, -0.2) is 46.7 Å². The Hall–Kier alpha value is -5.41. The number of methoxy groups -OCH3 is 1. The number of carbonyl (C=O) groups is 3. The molecule has 2 atom stereocenters. The number of nitrogens with one attached hydrogen (secondary N) is 2. The summed E-state index contributed by atoms with van der Waals surface area (Å²) < 4.78 is 10.6. The van der Waals surface area contributed by atoms with E-state index in [9.17, 15) is 19.5 Å². The predicted molar refractivity (Wildman–Crippen MR) is 159 cm³/mol. The zero-order chi connectivity index (χ0) is 30.9. The molecular weight excluding hydrogens is 534 g/mol. The summed E-state index contributed by atoms with van der Waals surface area (Å²) in [6.45, 7) is 5.07. The smallest absolute Gasteiger partial charge is 0.408 e. The van der Waals surface area contributed by atoms with Gasteiger partial charge in [-0.3, -0.25) is 14.5 Å². The number of phenols is 1. The Morgan fingerprint density at radius 2 is 1.57 bits per heavy atom. The number of terminal acetylenes is 2. The van der Waals surface area contributed by atoms with Gasteiger partial charge in [0.1, 0.15) is 29.2 Å². The highest BCUT2D eigenvalue weighted by Crippen LogP contribution is 2.26. The van der Waals surface area contributed by atoms with Gasteiger partial charge in [-0.25, -0.2) is 4.79 Å². The number of carbonyl (C=O) groups excluding carboxylic acids is 3. The molecule has 0 fully saturated rings. The SMILES string of the molecule is C#Cc1ccc(C(C(=O)Nc2ccc(OC)cc2)N(C#C)C(=O)C(Cc2ccc(O)cc2)NC(=O)OC(C)(C)C)cc1. The molecule has 216 valence electrons. The van der Waals surface area contributed by atoms with Crippen LogP contribution >= 0.6 is 0 Å². The number of hydrogen-bond donors (Lipinski definition) is 3. The van der Waals surface area contributed by atoms with Crippen molar-refractivity contribution in [3.8, 4) is 36.3 Å². The maximum absolute atomic E-state index is 14.1. The van der Waals surface area contributed by atoms with E-state index in [0.717, 1.165) is 4.90 Å². The third kappa shape index (κ3) is 8.54. The Morgan fingerprint density at radius 1 is 0.952 bits per heavy atom. The molecule has 0 radical (unpaired) electrons. The summed E-state index contributed by atoms with van der Waals surface area (Å²) in [5.74, 6) is 1.83. The molecule has 9 nitrogen and oxygen atoms in total. The van der Waals surface area contributed by atoms with Crippen LogP contribution in [0.3, 0.4) is 0 Å². The summed E-state index contributed by atoms with van der Waals surface area (Å²) in [4.78, 5) is 41.5. The number of alkyl carbamates (subject to hydrolysis) is 1. The van der Waals surface area contributed by atoms with Crippen molar-refractivity contribution >= 4 is 23.6 Å². The lowest BCUT2D eigenvalue weighted by Crippen LogP contribution is -2.51. The zero-order valence-electron chi connectivity index (χ0n) is 23.9. The van der Waals surface area contributed by atoms with E-state index in [1.165, 1.54) is 19.2 Å². The molecule has 0 aromatic heterocycles. The molecule has 3 amide bonds. The first-order chi connectivity index (χ1) is 19.9. The lowest BCUT2D eigenvalue weighted by molar-refractivity contribution is -0.136. The van der Waals surface area contributed by atoms with Crippen LogP contribution in [0.2, 0.25) is 0 Å². The number of amides is 3. The van der Waals surface area contributed by atoms with Gasteiger partial charge < -0.3 is 25.2 Å². The van der Waals surface area contributed by atoms with Gasteiger partial charge in [0.2, 0.25) is 0 Å². The van der Waals surface area contributed by atoms with Gasteiger partial charge in [-0.15, -0.1) is 6.42 Å². The number of aromatic hydroxyl groups is 1. The van der Waals surface area contributed by atoms with Crippen LogP contribution in [0.4, 0.5) is 10.5 Å². The van der Waals surface area contributed by atoms with Gasteiger partial charge in [0, 0.05) is 23.7 Å². The molecule has 0 aliphatic carbocycles. The van der Waals surface area contributed by atoms with E-state index in [0.29, 0.717) is 28.1 Å². The lowest BCUT2D eigenvalue weighted by Gasteiger charge is -2.30. The van der Waals surface area contributed by atoms with Crippen molar-refractivity contribution in [1.82, 2.24) is 10.2 Å². The van der Waals surface area contributed by atoms with E-state index in [1.54, 1.807) is 81.4 Å². The second-order valence-corrected chi connectivity index (χ2v) is 10.3. The van der Waals surface area contributed by atoms with E-state index >= 15 is 0 Å². The molecule has 0 aliphatic heterocycles. The molecule has 3 aromatic carbocycles. The number of rotatable bonds is 9. The first kappa shape index (κ1) is 31.1. The first-order valence-corrected chi connectivity index (χ1v) is 13.0. The zero-order valence-corrected chi connectivity index (χ0v) is 23.9. The molecule has 0 heterocycles. The van der Waals surface area contributed by atoms with Crippen molar-refractivity contribution in [2.75, 3.05) is 12.4 Å². The van der Waals surface area contributed by atoms with Crippen molar-refractivity contribution in [3.05, 3.63) is 89.5 Å². The van der Waals surface area contributed by atoms with Gasteiger partial charge in [0.15, 0.2) is 0 Å². The van der Waals surface area contributed by atoms with Crippen LogP contribution in [0.5, 0.6) is 11.5 Å². The van der Waals surface area contributed by atoms with Gasteiger partial charge in [0.25, 0.3) is 11.8 Å². The average Bonchev–Trinajstić information content (AvgIpc) is 2.95. The maximum Gasteiger partial charge on any atom is 0.408 e. The predicted octanol–water partition coefficient (Wildman–Crippen LogP) is 4.62. The van der Waals surface area contributed by atoms with Crippen molar-refractivity contribution in [1.29, 1.82) is 0 Å². The highest BCUT2D eigenvalue weighted by Gasteiger charge is 2.36. The van der Waals surface area contributed by atoms with Gasteiger partial charge in [-0.1, -0.05) is 36.6 Å². The van der Waals surface area contributed by atoms with Crippen LogP contribution in [0, 0.1) is 24.8 Å². The number of hydrogen-bond acceptors (Lipinski definition) is 6. The van der Waals surface area contributed by atoms with Crippen molar-refractivity contribution < 1.29 is 29.0 Å². The summed E-state index contributed by atoms with van der Waals surface area (Å²) in [6.07, 6.45) is 10.5. The number of phenolic OH excluding ortho intramolecular Hbond substituents is 1. The third-order valence-corrected chi connectivity index (χ3v) is 6.00. The molecule has 2 unspecified atom stereocenters. The molecule has 9 heteroatoms. The molecule has 42 heavy (non-hydrogen) atoms. The summed E-state index contributed by atoms with van der Waals surface area (Å²) in [6, 6.07) is 19.1. The van der Waals surface area contributed by atoms with E-state index < -0.39 is 35.6 Å². The van der Waals surface area contributed by atoms with Gasteiger partial charge in [-0.05, 0) is 80.4 Å². The molecular formula is C33H33N3O6. The van der Waals surface area contributed by atoms with Crippen LogP contribution in [0.25, 0.3) is 0 Å². The standard InChI is InChI=1S/C33H33N3O6/c1-7-22-9-13-24(14-10-22)29(30(38)34-25-15-19-27(41-6)20-16-25)36(8-2)31(39)28(35-32(40)42-33(3,4)5)21-23-11-17-26(37)18-12-23/h1-2,9-20,28-29,37H,21H2,3-6H3,(H,34,38)(H,35,40). The molecule has 3 aromatic rings. The monoisotopic (exact) mass is 567 g/mol. The fourth-order valence-corrected chi connectivity index (χ4v) is 4.02. The molecule has 3 rings (SSSR count). The molecule has 0 saturated heterocycles. The highest BCUT2D eigenvalue weighted by molar-refractivity contribution is 5.99. The van der Waals surface area contributed by atoms with Crippen molar-refractivity contribution in [2.24, 2.45) is 0 Å². The van der Waals surface area contributed by atoms with Crippen LogP contribution in [0.15, 0.2) is 72.8 Å². The normalized spacial score (nSPS) is 12.0. The summed E-state index contributed by atoms with van der Waals surface area (Å²) in [7, 11) is 1.53. The summed E-state index contributed by atoms with van der Waals surface area (Å²) in [5, 5.41) is 15.1. The fourth-order valence-electron chi connectivity index (χ4n) is 4.02. The highest BCUT2D eigenvalue weighted by atomic mass is 16.6. The van der Waals surface area contributed by atoms with Gasteiger partial charge >= 0.3 is 6.09 Å². The Bertz CT molecular complexity index is 1480. The Balaban J connectivity index is 2.01. The van der Waals surface area contributed by atoms with Gasteiger partial charge in [-0.2, -0.15) is 0 Å². The topological polar surface area (TPSA) is 117 Å². The minimum atomic E-state index is -1.29. The lowest BCUT2D eigenvalue weighted by atomic mass is 10.00. The molecule has 0 bridgehead atoms. The molecule has 0 saturated carbocycles. The fraction of sp³-hybridized carbons (Fsp3) is 0.242. The van der Waals surface area contributed by atoms with Crippen LogP contribution < -0.4 is 15.4 Å². The van der Waals surface area contributed by atoms with Crippen molar-refractivity contribution in [2.45, 2.75) is 44.9 Å². The molecule has 0 aliphatic rings. The third-order valence-electron chi connectivity index (χ3n) is 6.00. The molecule has 0 spiro atoms. The molecule has 3 N–H and O–H groups in total. The number of benzene rings is 3. The van der Waals surface area contributed by atoms with Crippen molar-refractivity contribution in [3.63, 3.8) is 0 Å². The largest absolute Gasteiger partial charge is 0.508 e.